The van der Waals surface area contributed by atoms with E-state index in [-0.39, 0.29) is 48.5 Å². The van der Waals surface area contributed by atoms with E-state index in [0.29, 0.717) is 0 Å². The first-order valence-electron chi connectivity index (χ1n) is 8.24. The van der Waals surface area contributed by atoms with Gasteiger partial charge in [0.25, 0.3) is 5.91 Å². The number of nitrogen functional groups attached to an aromatic ring is 1. The molecule has 3 rings (SSSR count). The zero-order valence-electron chi connectivity index (χ0n) is 14.7. The van der Waals surface area contributed by atoms with Crippen molar-refractivity contribution in [3.63, 3.8) is 0 Å². The van der Waals surface area contributed by atoms with Gasteiger partial charge in [0, 0.05) is 38.6 Å². The number of carbonyl (C=O) groups is 1. The molecule has 0 atom stereocenters. The lowest BCUT2D eigenvalue weighted by Crippen LogP contribution is -2.50. The summed E-state index contributed by atoms with van der Waals surface area (Å²) in [6, 6.07) is 5.11. The molecule has 1 aliphatic rings. The van der Waals surface area contributed by atoms with Crippen LogP contribution in [-0.2, 0) is 10.0 Å². The molecule has 2 heterocycles. The summed E-state index contributed by atoms with van der Waals surface area (Å²) in [7, 11) is -3.58. The Morgan fingerprint density at radius 3 is 2.31 bits per heavy atom. The molecule has 26 heavy (non-hydrogen) atoms. The van der Waals surface area contributed by atoms with Crippen LogP contribution in [0.25, 0.3) is 0 Å². The molecule has 0 unspecified atom stereocenters. The second kappa shape index (κ2) is 7.00. The maximum atomic E-state index is 12.8. The van der Waals surface area contributed by atoms with Crippen LogP contribution in [0, 0.1) is 13.8 Å². The molecule has 138 valence electrons. The fourth-order valence-corrected chi connectivity index (χ4v) is 4.33. The number of nitrogens with zero attached hydrogens (tertiary/aromatic N) is 4. The van der Waals surface area contributed by atoms with Crippen molar-refractivity contribution in [2.45, 2.75) is 18.7 Å². The predicted molar refractivity (Wildman–Crippen MR) is 97.0 cm³/mol. The number of aryl methyl sites for hydroxylation is 2. The molecule has 1 aromatic heterocycles. The Labute approximate surface area is 152 Å². The van der Waals surface area contributed by atoms with Crippen LogP contribution in [0.1, 0.15) is 21.6 Å². The van der Waals surface area contributed by atoms with Crippen molar-refractivity contribution in [2.24, 2.45) is 0 Å². The number of hydrogen-bond donors (Lipinski definition) is 1. The molecule has 1 aliphatic heterocycles. The Bertz CT molecular complexity index is 937. The average molecular weight is 375 g/mol. The number of anilines is 1. The lowest BCUT2D eigenvalue weighted by atomic mass is 10.1. The van der Waals surface area contributed by atoms with Crippen molar-refractivity contribution in [1.82, 2.24) is 19.2 Å². The summed E-state index contributed by atoms with van der Waals surface area (Å²) in [5.41, 5.74) is 7.77. The third kappa shape index (κ3) is 3.40. The van der Waals surface area contributed by atoms with Crippen molar-refractivity contribution in [3.8, 4) is 0 Å². The Morgan fingerprint density at radius 2 is 1.69 bits per heavy atom. The molecule has 1 fully saturated rings. The Morgan fingerprint density at radius 1 is 1.04 bits per heavy atom. The van der Waals surface area contributed by atoms with Gasteiger partial charge >= 0.3 is 0 Å². The predicted octanol–water partition coefficient (Wildman–Crippen LogP) is 0.822. The largest absolute Gasteiger partial charge is 0.382 e. The number of aromatic nitrogens is 2. The van der Waals surface area contributed by atoms with Gasteiger partial charge in [0.2, 0.25) is 10.0 Å². The van der Waals surface area contributed by atoms with E-state index in [1.165, 1.54) is 16.7 Å². The molecule has 0 bridgehead atoms. The van der Waals surface area contributed by atoms with Crippen LogP contribution in [0.3, 0.4) is 0 Å². The van der Waals surface area contributed by atoms with E-state index in [1.54, 1.807) is 23.1 Å². The fourth-order valence-electron chi connectivity index (χ4n) is 2.82. The quantitative estimate of drug-likeness (QED) is 0.851. The molecule has 1 aromatic carbocycles. The molecule has 0 saturated carbocycles. The molecular formula is C17H21N5O3S. The summed E-state index contributed by atoms with van der Waals surface area (Å²) < 4.78 is 27.1. The number of amides is 1. The normalized spacial score (nSPS) is 15.8. The van der Waals surface area contributed by atoms with Crippen LogP contribution < -0.4 is 5.73 Å². The maximum Gasteiger partial charge on any atom is 0.276 e. The zero-order valence-corrected chi connectivity index (χ0v) is 15.5. The second-order valence-electron chi connectivity index (χ2n) is 6.23. The monoisotopic (exact) mass is 375 g/mol. The van der Waals surface area contributed by atoms with E-state index in [1.807, 2.05) is 13.8 Å². The van der Waals surface area contributed by atoms with Crippen LogP contribution in [0.15, 0.2) is 35.5 Å². The summed E-state index contributed by atoms with van der Waals surface area (Å²) in [4.78, 5) is 22.2. The van der Waals surface area contributed by atoms with Gasteiger partial charge in [-0.25, -0.2) is 18.4 Å². The number of benzene rings is 1. The number of carbonyl (C=O) groups excluding carboxylic acids is 1. The van der Waals surface area contributed by atoms with Crippen LogP contribution in [0.4, 0.5) is 5.82 Å². The van der Waals surface area contributed by atoms with E-state index < -0.39 is 10.0 Å². The van der Waals surface area contributed by atoms with Gasteiger partial charge in [-0.05, 0) is 37.1 Å². The van der Waals surface area contributed by atoms with Gasteiger partial charge in [-0.15, -0.1) is 0 Å². The van der Waals surface area contributed by atoms with Crippen LogP contribution in [0.2, 0.25) is 0 Å². The van der Waals surface area contributed by atoms with Crippen LogP contribution >= 0.6 is 0 Å². The molecule has 1 saturated heterocycles. The highest BCUT2D eigenvalue weighted by atomic mass is 32.2. The fraction of sp³-hybridized carbons (Fsp3) is 0.353. The number of piperazine rings is 1. The molecule has 2 aromatic rings. The van der Waals surface area contributed by atoms with Crippen LogP contribution in [0.5, 0.6) is 0 Å². The Hall–Kier alpha value is -2.52. The highest BCUT2D eigenvalue weighted by Crippen LogP contribution is 2.21. The van der Waals surface area contributed by atoms with Crippen molar-refractivity contribution in [1.29, 1.82) is 0 Å². The molecule has 9 heteroatoms. The summed E-state index contributed by atoms with van der Waals surface area (Å²) in [5.74, 6) is -0.262. The minimum absolute atomic E-state index is 0.0719. The van der Waals surface area contributed by atoms with Crippen molar-refractivity contribution >= 4 is 21.7 Å². The second-order valence-corrected chi connectivity index (χ2v) is 8.17. The maximum absolute atomic E-state index is 12.8. The molecule has 0 radical (unpaired) electrons. The Kier molecular flexibility index (Phi) is 4.92. The lowest BCUT2D eigenvalue weighted by molar-refractivity contribution is 0.0692. The third-order valence-electron chi connectivity index (χ3n) is 4.57. The van der Waals surface area contributed by atoms with Gasteiger partial charge < -0.3 is 10.6 Å². The van der Waals surface area contributed by atoms with Crippen molar-refractivity contribution < 1.29 is 13.2 Å². The molecular weight excluding hydrogens is 354 g/mol. The first-order chi connectivity index (χ1) is 12.3. The van der Waals surface area contributed by atoms with Gasteiger partial charge in [0.05, 0.1) is 4.90 Å². The topological polar surface area (TPSA) is 109 Å². The SMILES string of the molecule is Cc1ccc(S(=O)(=O)N2CCN(C(=O)c3nccnc3N)CC2)cc1C. The van der Waals surface area contributed by atoms with Gasteiger partial charge in [-0.1, -0.05) is 6.07 Å². The minimum atomic E-state index is -3.58. The molecule has 0 spiro atoms. The summed E-state index contributed by atoms with van der Waals surface area (Å²) in [6.45, 7) is 4.82. The highest BCUT2D eigenvalue weighted by molar-refractivity contribution is 7.89. The minimum Gasteiger partial charge on any atom is -0.382 e. The summed E-state index contributed by atoms with van der Waals surface area (Å²) >= 11 is 0. The van der Waals surface area contributed by atoms with Gasteiger partial charge in [0.15, 0.2) is 11.5 Å². The zero-order chi connectivity index (χ0) is 18.9. The lowest BCUT2D eigenvalue weighted by Gasteiger charge is -2.34. The van der Waals surface area contributed by atoms with Gasteiger partial charge in [-0.3, -0.25) is 4.79 Å². The summed E-state index contributed by atoms with van der Waals surface area (Å²) in [6.07, 6.45) is 2.82. The average Bonchev–Trinajstić information content (AvgIpc) is 2.64. The number of nitrogens with two attached hydrogens (primary N) is 1. The first-order valence-corrected chi connectivity index (χ1v) is 9.68. The molecule has 2 N–H and O–H groups in total. The van der Waals surface area contributed by atoms with E-state index in [2.05, 4.69) is 9.97 Å². The van der Waals surface area contributed by atoms with Crippen LogP contribution in [-0.4, -0.2) is 59.7 Å². The highest BCUT2D eigenvalue weighted by Gasteiger charge is 2.31. The van der Waals surface area contributed by atoms with Gasteiger partial charge in [0.1, 0.15) is 0 Å². The van der Waals surface area contributed by atoms with Crippen molar-refractivity contribution in [2.75, 3.05) is 31.9 Å². The molecule has 0 aliphatic carbocycles. The smallest absolute Gasteiger partial charge is 0.276 e. The summed E-state index contributed by atoms with van der Waals surface area (Å²) in [5, 5.41) is 0. The van der Waals surface area contributed by atoms with Gasteiger partial charge in [-0.2, -0.15) is 4.31 Å². The van der Waals surface area contributed by atoms with E-state index in [4.69, 9.17) is 5.73 Å². The Balaban J connectivity index is 1.72. The number of rotatable bonds is 3. The first kappa shape index (κ1) is 18.3. The number of hydrogen-bond acceptors (Lipinski definition) is 6. The van der Waals surface area contributed by atoms with E-state index in [9.17, 15) is 13.2 Å². The molecule has 1 amide bonds. The molecule has 8 nitrogen and oxygen atoms in total. The van der Waals surface area contributed by atoms with E-state index >= 15 is 0 Å². The standard InChI is InChI=1S/C17H21N5O3S/c1-12-3-4-14(11-13(12)2)26(24,25)22-9-7-21(8-10-22)17(23)15-16(18)20-6-5-19-15/h3-6,11H,7-10H2,1-2H3,(H2,18,20). The van der Waals surface area contributed by atoms with Crippen molar-refractivity contribution in [3.05, 3.63) is 47.4 Å². The third-order valence-corrected chi connectivity index (χ3v) is 6.47. The number of sulfonamides is 1. The van der Waals surface area contributed by atoms with E-state index in [0.717, 1.165) is 11.1 Å².